The molecule has 1 N–H and O–H groups in total. The highest BCUT2D eigenvalue weighted by Crippen LogP contribution is 2.26. The zero-order valence-electron chi connectivity index (χ0n) is 10.4. The third-order valence-electron chi connectivity index (χ3n) is 2.98. The Hall–Kier alpha value is -2.29. The lowest BCUT2D eigenvalue weighted by molar-refractivity contribution is 0.0697. The summed E-state index contributed by atoms with van der Waals surface area (Å²) >= 11 is 0. The molecule has 0 atom stereocenters. The molecule has 0 aliphatic rings. The van der Waals surface area contributed by atoms with E-state index < -0.39 is 5.97 Å². The quantitative estimate of drug-likeness (QED) is 0.894. The molecule has 2 aromatic carbocycles. The largest absolute Gasteiger partial charge is 0.478 e. The number of aryl methyl sites for hydroxylation is 1. The van der Waals surface area contributed by atoms with Crippen molar-refractivity contribution in [3.05, 3.63) is 59.7 Å². The molecule has 0 spiro atoms. The first kappa shape index (κ1) is 12.2. The molecule has 92 valence electrons. The smallest absolute Gasteiger partial charge is 0.335 e. The topological polar surface area (TPSA) is 40.5 Å². The Balaban J connectivity index is 2.32. The van der Waals surface area contributed by atoms with Crippen molar-refractivity contribution in [2.24, 2.45) is 0 Å². The van der Waals surface area contributed by atoms with E-state index in [1.165, 1.54) is 5.56 Å². The minimum atomic E-state index is -0.903. The van der Waals surface area contributed by atoms with Gasteiger partial charge in [0.1, 0.15) is 0 Å². The van der Waals surface area contributed by atoms with E-state index >= 15 is 0 Å². The zero-order chi connectivity index (χ0) is 13.1. The maximum atomic E-state index is 10.8. The van der Waals surface area contributed by atoms with E-state index in [1.54, 1.807) is 12.1 Å². The van der Waals surface area contributed by atoms with Crippen LogP contribution >= 0.6 is 0 Å². The molecule has 0 amide bonds. The van der Waals surface area contributed by atoms with Crippen LogP contribution in [0.3, 0.4) is 0 Å². The fraction of sp³-hybridized carbons (Fsp3) is 0.133. The third-order valence-corrected chi connectivity index (χ3v) is 2.98. The van der Waals surface area contributed by atoms with Crippen molar-refractivity contribution < 1.29 is 9.90 Å². The van der Waals surface area contributed by atoms with Crippen LogP contribution in [-0.4, -0.2) is 18.1 Å². The van der Waals surface area contributed by atoms with Gasteiger partial charge in [0.25, 0.3) is 0 Å². The molecule has 0 heterocycles. The van der Waals surface area contributed by atoms with Gasteiger partial charge in [-0.25, -0.2) is 4.79 Å². The zero-order valence-corrected chi connectivity index (χ0v) is 10.4. The minimum absolute atomic E-state index is 0.303. The molecular formula is C15H15NO2. The normalized spacial score (nSPS) is 10.1. The predicted octanol–water partition coefficient (Wildman–Crippen LogP) is 3.46. The number of hydrogen-bond acceptors (Lipinski definition) is 2. The summed E-state index contributed by atoms with van der Waals surface area (Å²) in [5.74, 6) is -0.903. The highest BCUT2D eigenvalue weighted by molar-refractivity contribution is 5.88. The fourth-order valence-electron chi connectivity index (χ4n) is 1.91. The first-order chi connectivity index (χ1) is 8.59. The van der Waals surface area contributed by atoms with Gasteiger partial charge < -0.3 is 10.0 Å². The lowest BCUT2D eigenvalue weighted by atomic mass is 10.1. The second-order valence-corrected chi connectivity index (χ2v) is 4.20. The van der Waals surface area contributed by atoms with E-state index in [-0.39, 0.29) is 0 Å². The third kappa shape index (κ3) is 2.35. The van der Waals surface area contributed by atoms with Crippen molar-refractivity contribution in [1.29, 1.82) is 0 Å². The number of nitrogens with zero attached hydrogens (tertiary/aromatic N) is 1. The van der Waals surface area contributed by atoms with Crippen molar-refractivity contribution in [1.82, 2.24) is 0 Å². The fourth-order valence-corrected chi connectivity index (χ4v) is 1.91. The molecule has 3 heteroatoms. The Bertz CT molecular complexity index is 561. The Labute approximate surface area is 106 Å². The van der Waals surface area contributed by atoms with Crippen molar-refractivity contribution in [2.45, 2.75) is 6.92 Å². The summed E-state index contributed by atoms with van der Waals surface area (Å²) in [5, 5.41) is 8.86. The van der Waals surface area contributed by atoms with Crippen LogP contribution in [0.5, 0.6) is 0 Å². The number of para-hydroxylation sites is 1. The van der Waals surface area contributed by atoms with E-state index in [9.17, 15) is 4.79 Å². The van der Waals surface area contributed by atoms with Crippen molar-refractivity contribution in [3.63, 3.8) is 0 Å². The van der Waals surface area contributed by atoms with Crippen molar-refractivity contribution in [2.75, 3.05) is 11.9 Å². The summed E-state index contributed by atoms with van der Waals surface area (Å²) in [7, 11) is 1.97. The number of carboxylic acids is 1. The average Bonchev–Trinajstić information content (AvgIpc) is 2.38. The van der Waals surface area contributed by atoms with Crippen molar-refractivity contribution >= 4 is 17.3 Å². The van der Waals surface area contributed by atoms with Crippen LogP contribution in [-0.2, 0) is 0 Å². The van der Waals surface area contributed by atoms with Gasteiger partial charge in [-0.2, -0.15) is 0 Å². The standard InChI is InChI=1S/C15H15NO2/c1-11-5-3-4-6-14(11)16(2)13-9-7-12(8-10-13)15(17)18/h3-10H,1-2H3,(H,17,18). The van der Waals surface area contributed by atoms with Crippen LogP contribution in [0.2, 0.25) is 0 Å². The highest BCUT2D eigenvalue weighted by Gasteiger charge is 2.07. The van der Waals surface area contributed by atoms with Crippen LogP contribution in [0, 0.1) is 6.92 Å². The average molecular weight is 241 g/mol. The monoisotopic (exact) mass is 241 g/mol. The number of carboxylic acid groups (broad SMARTS) is 1. The number of rotatable bonds is 3. The van der Waals surface area contributed by atoms with Crippen LogP contribution < -0.4 is 4.90 Å². The van der Waals surface area contributed by atoms with Gasteiger partial charge in [-0.1, -0.05) is 18.2 Å². The van der Waals surface area contributed by atoms with Crippen molar-refractivity contribution in [3.8, 4) is 0 Å². The lowest BCUT2D eigenvalue weighted by Crippen LogP contribution is -2.10. The molecule has 0 radical (unpaired) electrons. The van der Waals surface area contributed by atoms with E-state index in [1.807, 2.05) is 42.3 Å². The SMILES string of the molecule is Cc1ccccc1N(C)c1ccc(C(=O)O)cc1. The molecule has 2 aromatic rings. The minimum Gasteiger partial charge on any atom is -0.478 e. The van der Waals surface area contributed by atoms with E-state index in [4.69, 9.17) is 5.11 Å². The Kier molecular flexibility index (Phi) is 3.33. The molecule has 0 fully saturated rings. The van der Waals surface area contributed by atoms with Crippen LogP contribution in [0.1, 0.15) is 15.9 Å². The van der Waals surface area contributed by atoms with E-state index in [0.29, 0.717) is 5.56 Å². The van der Waals surface area contributed by atoms with Gasteiger partial charge in [0.15, 0.2) is 0 Å². The summed E-state index contributed by atoms with van der Waals surface area (Å²) in [5.41, 5.74) is 3.56. The molecule has 0 unspecified atom stereocenters. The second-order valence-electron chi connectivity index (χ2n) is 4.20. The van der Waals surface area contributed by atoms with Crippen LogP contribution in [0.25, 0.3) is 0 Å². The molecule has 2 rings (SSSR count). The maximum Gasteiger partial charge on any atom is 0.335 e. The van der Waals surface area contributed by atoms with E-state index in [2.05, 4.69) is 13.0 Å². The van der Waals surface area contributed by atoms with Crippen LogP contribution in [0.15, 0.2) is 48.5 Å². The molecule has 3 nitrogen and oxygen atoms in total. The molecule has 18 heavy (non-hydrogen) atoms. The molecule has 0 saturated carbocycles. The maximum absolute atomic E-state index is 10.8. The summed E-state index contributed by atoms with van der Waals surface area (Å²) in [6.45, 7) is 2.05. The molecule has 0 aliphatic carbocycles. The van der Waals surface area contributed by atoms with Gasteiger partial charge in [0.2, 0.25) is 0 Å². The van der Waals surface area contributed by atoms with Crippen LogP contribution in [0.4, 0.5) is 11.4 Å². The first-order valence-corrected chi connectivity index (χ1v) is 5.72. The van der Waals surface area contributed by atoms with Gasteiger partial charge in [-0.05, 0) is 42.8 Å². The molecular weight excluding hydrogens is 226 g/mol. The molecule has 0 saturated heterocycles. The van der Waals surface area contributed by atoms with E-state index in [0.717, 1.165) is 11.4 Å². The van der Waals surface area contributed by atoms with Gasteiger partial charge in [0, 0.05) is 18.4 Å². The number of carbonyl (C=O) groups is 1. The number of anilines is 2. The Morgan fingerprint density at radius 2 is 1.67 bits per heavy atom. The van der Waals surface area contributed by atoms with Gasteiger partial charge in [0.05, 0.1) is 5.56 Å². The molecule has 0 aliphatic heterocycles. The number of hydrogen-bond donors (Lipinski definition) is 1. The summed E-state index contributed by atoms with van der Waals surface area (Å²) < 4.78 is 0. The molecule has 0 aromatic heterocycles. The summed E-state index contributed by atoms with van der Waals surface area (Å²) in [6.07, 6.45) is 0. The Morgan fingerprint density at radius 3 is 2.22 bits per heavy atom. The lowest BCUT2D eigenvalue weighted by Gasteiger charge is -2.21. The second kappa shape index (κ2) is 4.92. The Morgan fingerprint density at radius 1 is 1.06 bits per heavy atom. The number of aromatic carboxylic acids is 1. The first-order valence-electron chi connectivity index (χ1n) is 5.72. The predicted molar refractivity (Wildman–Crippen MR) is 72.6 cm³/mol. The van der Waals surface area contributed by atoms with Gasteiger partial charge in [-0.15, -0.1) is 0 Å². The summed E-state index contributed by atoms with van der Waals surface area (Å²) in [4.78, 5) is 12.8. The number of benzene rings is 2. The summed E-state index contributed by atoms with van der Waals surface area (Å²) in [6, 6.07) is 15.0. The molecule has 0 bridgehead atoms. The highest BCUT2D eigenvalue weighted by atomic mass is 16.4. The van der Waals surface area contributed by atoms with Gasteiger partial charge >= 0.3 is 5.97 Å². The van der Waals surface area contributed by atoms with Gasteiger partial charge in [-0.3, -0.25) is 0 Å².